The number of carbonyl (C=O) groups excluding carboxylic acids is 1. The van der Waals surface area contributed by atoms with Gasteiger partial charge in [-0.05, 0) is 12.2 Å². The Labute approximate surface area is 125 Å². The van der Waals surface area contributed by atoms with Gasteiger partial charge in [0.2, 0.25) is 0 Å². The second-order valence-electron chi connectivity index (χ2n) is 3.94. The van der Waals surface area contributed by atoms with Gasteiger partial charge >= 0.3 is 6.09 Å². The summed E-state index contributed by atoms with van der Waals surface area (Å²) in [4.78, 5) is 29.7. The third-order valence-corrected chi connectivity index (χ3v) is 2.61. The van der Waals surface area contributed by atoms with Gasteiger partial charge in [0.1, 0.15) is 6.61 Å². The van der Waals surface area contributed by atoms with E-state index in [0.29, 0.717) is 5.56 Å². The number of hydrogen-bond acceptors (Lipinski definition) is 7. The second kappa shape index (κ2) is 8.75. The molecule has 0 bridgehead atoms. The third-order valence-electron chi connectivity index (χ3n) is 2.48. The van der Waals surface area contributed by atoms with Gasteiger partial charge in [0.05, 0.1) is 10.1 Å². The normalized spacial score (nSPS) is 11.1. The minimum absolute atomic E-state index is 0.0134. The second-order valence-corrected chi connectivity index (χ2v) is 4.12. The Morgan fingerprint density at radius 2 is 2.29 bits per heavy atom. The van der Waals surface area contributed by atoms with E-state index >= 15 is 0 Å². The number of hydroxylamine groups is 1. The van der Waals surface area contributed by atoms with Gasteiger partial charge in [-0.15, -0.1) is 0 Å². The van der Waals surface area contributed by atoms with Crippen LogP contribution in [0.1, 0.15) is 18.4 Å². The Hall–Kier alpha value is -2.35. The van der Waals surface area contributed by atoms with Crippen molar-refractivity contribution in [1.82, 2.24) is 5.48 Å². The number of ether oxygens (including phenoxy) is 1. The van der Waals surface area contributed by atoms with Crippen molar-refractivity contribution in [3.8, 4) is 0 Å². The zero-order valence-electron chi connectivity index (χ0n) is 11.1. The van der Waals surface area contributed by atoms with Gasteiger partial charge in [0, 0.05) is 17.5 Å². The Bertz CT molecular complexity index is 560. The highest BCUT2D eigenvalue weighted by atomic mass is 32.1. The molecule has 0 heterocycles. The molecule has 0 fully saturated rings. The summed E-state index contributed by atoms with van der Waals surface area (Å²) in [6.07, 6.45) is -0.819. The minimum atomic E-state index is -0.819. The molecule has 0 aliphatic heterocycles. The van der Waals surface area contributed by atoms with Gasteiger partial charge < -0.3 is 4.74 Å². The summed E-state index contributed by atoms with van der Waals surface area (Å²) in [6, 6.07) is 6.28. The number of aliphatic imine (C=N–C) groups is 1. The molecule has 0 radical (unpaired) electrons. The van der Waals surface area contributed by atoms with E-state index in [2.05, 4.69) is 27.2 Å². The van der Waals surface area contributed by atoms with Gasteiger partial charge in [-0.25, -0.2) is 14.6 Å². The van der Waals surface area contributed by atoms with E-state index in [1.165, 1.54) is 6.07 Å². The van der Waals surface area contributed by atoms with E-state index in [1.807, 2.05) is 5.48 Å². The molecule has 0 aromatic heterocycles. The summed E-state index contributed by atoms with van der Waals surface area (Å²) < 4.78 is 4.89. The Kier molecular flexibility index (Phi) is 6.96. The van der Waals surface area contributed by atoms with E-state index in [0.717, 1.165) is 0 Å². The highest BCUT2D eigenvalue weighted by molar-refractivity contribution is 7.78. The lowest BCUT2D eigenvalue weighted by molar-refractivity contribution is -0.385. The number of nitro benzene ring substituents is 1. The molecule has 8 nitrogen and oxygen atoms in total. The number of thiocarbonyl (C=S) groups is 1. The smallest absolute Gasteiger partial charge is 0.431 e. The first kappa shape index (κ1) is 16.7. The van der Waals surface area contributed by atoms with E-state index in [4.69, 9.17) is 4.74 Å². The predicted molar refractivity (Wildman–Crippen MR) is 77.0 cm³/mol. The molecule has 0 aliphatic rings. The van der Waals surface area contributed by atoms with Crippen molar-refractivity contribution in [2.45, 2.75) is 12.8 Å². The SMILES string of the molecule is CC(COC(=O)NOCN=C=S)c1ccccc1[N+](=O)[O-]. The molecule has 1 rings (SSSR count). The van der Waals surface area contributed by atoms with Crippen molar-refractivity contribution in [3.05, 3.63) is 39.9 Å². The fourth-order valence-corrected chi connectivity index (χ4v) is 1.59. The molecule has 1 aromatic rings. The van der Waals surface area contributed by atoms with Crippen molar-refractivity contribution in [2.75, 3.05) is 13.3 Å². The van der Waals surface area contributed by atoms with E-state index < -0.39 is 11.0 Å². The summed E-state index contributed by atoms with van der Waals surface area (Å²) in [5.74, 6) is -0.337. The fourth-order valence-electron chi connectivity index (χ4n) is 1.54. The molecular formula is C12H13N3O5S. The van der Waals surface area contributed by atoms with Crippen LogP contribution >= 0.6 is 12.2 Å². The Balaban J connectivity index is 2.50. The number of amides is 1. The fraction of sp³-hybridized carbons (Fsp3) is 0.333. The van der Waals surface area contributed by atoms with Gasteiger partial charge in [0.25, 0.3) is 5.69 Å². The van der Waals surface area contributed by atoms with Crippen LogP contribution in [0.25, 0.3) is 0 Å². The number of hydrogen-bond donors (Lipinski definition) is 1. The lowest BCUT2D eigenvalue weighted by atomic mass is 10.0. The molecule has 21 heavy (non-hydrogen) atoms. The molecular weight excluding hydrogens is 298 g/mol. The maximum Gasteiger partial charge on any atom is 0.431 e. The summed E-state index contributed by atoms with van der Waals surface area (Å²) in [5, 5.41) is 13.0. The van der Waals surface area contributed by atoms with Crippen molar-refractivity contribution >= 4 is 29.2 Å². The standard InChI is InChI=1S/C12H13N3O5S/c1-9(6-19-12(16)14-20-7-13-8-21)10-4-2-3-5-11(10)15(17)18/h2-5,9H,6-7H2,1H3,(H,14,16). The summed E-state index contributed by atoms with van der Waals surface area (Å²) in [7, 11) is 0. The first-order valence-electron chi connectivity index (χ1n) is 5.87. The summed E-state index contributed by atoms with van der Waals surface area (Å²) >= 11 is 4.31. The van der Waals surface area contributed by atoms with Crippen molar-refractivity contribution < 1.29 is 19.3 Å². The van der Waals surface area contributed by atoms with Crippen LogP contribution in [-0.4, -0.2) is 29.5 Å². The van der Waals surface area contributed by atoms with Crippen LogP contribution in [0.4, 0.5) is 10.5 Å². The van der Waals surface area contributed by atoms with E-state index in [1.54, 1.807) is 25.1 Å². The number of benzene rings is 1. The Morgan fingerprint density at radius 3 is 2.95 bits per heavy atom. The van der Waals surface area contributed by atoms with Crippen LogP contribution in [0.3, 0.4) is 0 Å². The first-order valence-corrected chi connectivity index (χ1v) is 6.28. The van der Waals surface area contributed by atoms with Crippen molar-refractivity contribution in [2.24, 2.45) is 4.99 Å². The number of isothiocyanates is 1. The van der Waals surface area contributed by atoms with Crippen LogP contribution in [-0.2, 0) is 9.57 Å². The molecule has 1 atom stereocenters. The number of nitrogens with one attached hydrogen (secondary N) is 1. The number of carbonyl (C=O) groups is 1. The zero-order valence-corrected chi connectivity index (χ0v) is 12.0. The molecule has 1 N–H and O–H groups in total. The van der Waals surface area contributed by atoms with Crippen LogP contribution in [0.2, 0.25) is 0 Å². The molecule has 9 heteroatoms. The number of para-hydroxylation sites is 1. The molecule has 112 valence electrons. The topological polar surface area (TPSA) is 103 Å². The van der Waals surface area contributed by atoms with Crippen LogP contribution in [0.15, 0.2) is 29.3 Å². The maximum atomic E-state index is 11.3. The lowest BCUT2D eigenvalue weighted by Gasteiger charge is -2.12. The number of nitro groups is 1. The molecule has 0 saturated heterocycles. The minimum Gasteiger partial charge on any atom is -0.447 e. The van der Waals surface area contributed by atoms with Gasteiger partial charge in [-0.3, -0.25) is 10.1 Å². The van der Waals surface area contributed by atoms with Crippen LogP contribution < -0.4 is 5.48 Å². The highest BCUT2D eigenvalue weighted by Crippen LogP contribution is 2.26. The summed E-state index contributed by atoms with van der Waals surface area (Å²) in [6.45, 7) is 1.52. The third kappa shape index (κ3) is 5.65. The highest BCUT2D eigenvalue weighted by Gasteiger charge is 2.19. The van der Waals surface area contributed by atoms with Crippen LogP contribution in [0.5, 0.6) is 0 Å². The number of rotatable bonds is 7. The molecule has 0 spiro atoms. The molecule has 1 amide bonds. The van der Waals surface area contributed by atoms with E-state index in [9.17, 15) is 14.9 Å². The van der Waals surface area contributed by atoms with Crippen LogP contribution in [0, 0.1) is 10.1 Å². The molecule has 1 unspecified atom stereocenters. The Morgan fingerprint density at radius 1 is 1.57 bits per heavy atom. The van der Waals surface area contributed by atoms with Gasteiger partial charge in [-0.2, -0.15) is 5.48 Å². The van der Waals surface area contributed by atoms with Gasteiger partial charge in [0.15, 0.2) is 6.73 Å². The number of nitrogens with zero attached hydrogens (tertiary/aromatic N) is 2. The quantitative estimate of drug-likeness (QED) is 0.273. The average molecular weight is 311 g/mol. The predicted octanol–water partition coefficient (Wildman–Crippen LogP) is 2.42. The van der Waals surface area contributed by atoms with Crippen molar-refractivity contribution in [3.63, 3.8) is 0 Å². The molecule has 0 aliphatic carbocycles. The first-order chi connectivity index (χ1) is 10.1. The zero-order chi connectivity index (χ0) is 15.7. The average Bonchev–Trinajstić information content (AvgIpc) is 2.49. The maximum absolute atomic E-state index is 11.3. The van der Waals surface area contributed by atoms with Crippen molar-refractivity contribution in [1.29, 1.82) is 0 Å². The largest absolute Gasteiger partial charge is 0.447 e. The monoisotopic (exact) mass is 311 g/mol. The molecule has 0 saturated carbocycles. The lowest BCUT2D eigenvalue weighted by Crippen LogP contribution is -2.26. The molecule has 1 aromatic carbocycles. The van der Waals surface area contributed by atoms with Gasteiger partial charge in [-0.1, -0.05) is 25.1 Å². The van der Waals surface area contributed by atoms with E-state index in [-0.39, 0.29) is 24.9 Å². The summed E-state index contributed by atoms with van der Waals surface area (Å²) in [5.41, 5.74) is 2.46.